The molecule has 2 heterocycles. The third-order valence-electron chi connectivity index (χ3n) is 1.50. The summed E-state index contributed by atoms with van der Waals surface area (Å²) in [6, 6.07) is 0. The van der Waals surface area contributed by atoms with Crippen molar-refractivity contribution in [1.82, 2.24) is 14.6 Å². The van der Waals surface area contributed by atoms with Gasteiger partial charge in [0.25, 0.3) is 0 Å². The zero-order valence-electron chi connectivity index (χ0n) is 6.14. The lowest BCUT2D eigenvalue weighted by atomic mass is 10.9. The van der Waals surface area contributed by atoms with Gasteiger partial charge in [-0.2, -0.15) is 9.55 Å². The van der Waals surface area contributed by atoms with Gasteiger partial charge in [-0.25, -0.2) is 9.59 Å². The zero-order chi connectivity index (χ0) is 8.72. The number of nitrogens with one attached hydrogen (secondary N) is 1. The second-order valence-corrected chi connectivity index (χ2v) is 3.04. The summed E-state index contributed by atoms with van der Waals surface area (Å²) in [5.74, 6) is 0. The predicted octanol–water partition coefficient (Wildman–Crippen LogP) is -1.73. The van der Waals surface area contributed by atoms with Crippen LogP contribution in [0, 0.1) is 0 Å². The number of hydrogen-bond donors (Lipinski definition) is 1. The second-order valence-electron chi connectivity index (χ2n) is 2.23. The van der Waals surface area contributed by atoms with Gasteiger partial charge in [-0.15, -0.1) is 0 Å². The minimum Gasteiger partial charge on any atom is -0.212 e. The normalized spacial score (nSPS) is 10.8. The van der Waals surface area contributed by atoms with Gasteiger partial charge in [0.1, 0.15) is 5.51 Å². The molecule has 0 unspecified atom stereocenters. The fraction of sp³-hybridized carbons (Fsp3) is 0.200. The maximum absolute atomic E-state index is 11.1. The van der Waals surface area contributed by atoms with Crippen LogP contribution in [0.1, 0.15) is 0 Å². The van der Waals surface area contributed by atoms with Crippen molar-refractivity contribution in [2.45, 2.75) is 0 Å². The molecular weight excluding hydrogens is 180 g/mol. The molecular formula is C5H5N4O2S+. The third-order valence-corrected chi connectivity index (χ3v) is 2.36. The van der Waals surface area contributed by atoms with Crippen LogP contribution in [0.15, 0.2) is 15.1 Å². The number of fused-ring (bicyclic) bond motifs is 1. The summed E-state index contributed by atoms with van der Waals surface area (Å²) in [7, 11) is 1.58. The van der Waals surface area contributed by atoms with E-state index >= 15 is 0 Å². The molecule has 2 aromatic heterocycles. The van der Waals surface area contributed by atoms with Crippen molar-refractivity contribution in [2.24, 2.45) is 7.05 Å². The van der Waals surface area contributed by atoms with Crippen molar-refractivity contribution in [3.05, 3.63) is 26.5 Å². The fourth-order valence-corrected chi connectivity index (χ4v) is 1.60. The van der Waals surface area contributed by atoms with E-state index in [1.54, 1.807) is 7.05 Å². The topological polar surface area (TPSA) is 71.1 Å². The molecule has 0 aliphatic rings. The van der Waals surface area contributed by atoms with E-state index in [4.69, 9.17) is 0 Å². The zero-order valence-corrected chi connectivity index (χ0v) is 6.96. The van der Waals surface area contributed by atoms with E-state index in [-0.39, 0.29) is 0 Å². The molecule has 62 valence electrons. The van der Waals surface area contributed by atoms with Gasteiger partial charge in [-0.05, 0) is 11.3 Å². The van der Waals surface area contributed by atoms with Crippen LogP contribution >= 0.6 is 11.3 Å². The largest absolute Gasteiger partial charge is 0.471 e. The Bertz CT molecular complexity index is 536. The van der Waals surface area contributed by atoms with Gasteiger partial charge >= 0.3 is 16.3 Å². The van der Waals surface area contributed by atoms with E-state index < -0.39 is 11.4 Å². The predicted molar refractivity (Wildman–Crippen MR) is 41.1 cm³/mol. The molecule has 0 aromatic carbocycles. The molecule has 0 saturated heterocycles. The lowest BCUT2D eigenvalue weighted by molar-refractivity contribution is -0.665. The molecule has 0 aliphatic carbocycles. The minimum absolute atomic E-state index is 0.427. The van der Waals surface area contributed by atoms with E-state index in [0.29, 0.717) is 4.96 Å². The number of aryl methyl sites for hydroxylation is 1. The Morgan fingerprint density at radius 2 is 2.42 bits per heavy atom. The number of aromatic amines is 1. The van der Waals surface area contributed by atoms with Crippen molar-refractivity contribution in [3.8, 4) is 0 Å². The molecule has 0 aliphatic heterocycles. The molecule has 7 heteroatoms. The molecule has 0 spiro atoms. The van der Waals surface area contributed by atoms with Crippen LogP contribution in [0.4, 0.5) is 0 Å². The Morgan fingerprint density at radius 3 is 3.17 bits per heavy atom. The average Bonchev–Trinajstić information content (AvgIpc) is 2.48. The monoisotopic (exact) mass is 185 g/mol. The Hall–Kier alpha value is -1.50. The first-order valence-corrected chi connectivity index (χ1v) is 4.03. The summed E-state index contributed by atoms with van der Waals surface area (Å²) in [6.07, 6.45) is 0. The maximum Gasteiger partial charge on any atom is 0.471 e. The van der Waals surface area contributed by atoms with Gasteiger partial charge in [0.15, 0.2) is 0 Å². The van der Waals surface area contributed by atoms with E-state index in [9.17, 15) is 9.59 Å². The van der Waals surface area contributed by atoms with Crippen molar-refractivity contribution in [2.75, 3.05) is 0 Å². The van der Waals surface area contributed by atoms with Crippen molar-refractivity contribution in [3.63, 3.8) is 0 Å². The summed E-state index contributed by atoms with van der Waals surface area (Å²) in [5, 5.41) is 3.75. The first-order chi connectivity index (χ1) is 5.70. The molecule has 1 N–H and O–H groups in total. The lowest BCUT2D eigenvalue weighted by Crippen LogP contribution is -2.53. The van der Waals surface area contributed by atoms with Crippen LogP contribution < -0.4 is 15.9 Å². The number of nitrogens with zero attached hydrogens (tertiary/aromatic N) is 3. The van der Waals surface area contributed by atoms with Crippen LogP contribution in [0.3, 0.4) is 0 Å². The minimum atomic E-state index is -0.505. The van der Waals surface area contributed by atoms with Crippen molar-refractivity contribution in [1.29, 1.82) is 0 Å². The van der Waals surface area contributed by atoms with Crippen LogP contribution in [-0.4, -0.2) is 14.6 Å². The van der Waals surface area contributed by atoms with E-state index in [2.05, 4.69) is 10.1 Å². The Morgan fingerprint density at radius 1 is 1.67 bits per heavy atom. The summed E-state index contributed by atoms with van der Waals surface area (Å²) in [5.41, 5.74) is 0.572. The quantitative estimate of drug-likeness (QED) is 0.496. The Balaban J connectivity index is 3.18. The summed E-state index contributed by atoms with van der Waals surface area (Å²) >= 11 is 1.24. The average molecular weight is 185 g/mol. The number of aromatic nitrogens is 4. The third kappa shape index (κ3) is 0.797. The highest BCUT2D eigenvalue weighted by atomic mass is 32.1. The molecule has 0 atom stereocenters. The second kappa shape index (κ2) is 2.24. The van der Waals surface area contributed by atoms with Gasteiger partial charge in [0.05, 0.1) is 7.05 Å². The van der Waals surface area contributed by atoms with Crippen molar-refractivity contribution < 1.29 is 4.57 Å². The van der Waals surface area contributed by atoms with Crippen molar-refractivity contribution >= 4 is 16.3 Å². The van der Waals surface area contributed by atoms with Gasteiger partial charge < -0.3 is 0 Å². The maximum atomic E-state index is 11.1. The van der Waals surface area contributed by atoms with Crippen LogP contribution in [0.2, 0.25) is 0 Å². The van der Waals surface area contributed by atoms with Crippen LogP contribution in [0.25, 0.3) is 4.96 Å². The molecule has 0 bridgehead atoms. The van der Waals surface area contributed by atoms with E-state index in [1.165, 1.54) is 21.4 Å². The van der Waals surface area contributed by atoms with E-state index in [0.717, 1.165) is 4.52 Å². The molecule has 0 fully saturated rings. The highest BCUT2D eigenvalue weighted by Crippen LogP contribution is 1.95. The summed E-state index contributed by atoms with van der Waals surface area (Å²) < 4.78 is 2.48. The van der Waals surface area contributed by atoms with Gasteiger partial charge in [-0.3, -0.25) is 0 Å². The Kier molecular flexibility index (Phi) is 1.34. The first kappa shape index (κ1) is 7.17. The fourth-order valence-electron chi connectivity index (χ4n) is 0.893. The van der Waals surface area contributed by atoms with Crippen LogP contribution in [-0.2, 0) is 7.05 Å². The van der Waals surface area contributed by atoms with Gasteiger partial charge in [0, 0.05) is 0 Å². The highest BCUT2D eigenvalue weighted by Gasteiger charge is 2.12. The van der Waals surface area contributed by atoms with Gasteiger partial charge in [0.2, 0.25) is 0 Å². The Labute approximate surface area is 69.7 Å². The standard InChI is InChI=1S/C5H4N4O2S/c1-8-3(10)7-4(11)9-5(8)12-2-6-9/h2H,1H3/p+1. The highest BCUT2D eigenvalue weighted by molar-refractivity contribution is 7.14. The molecule has 0 amide bonds. The van der Waals surface area contributed by atoms with E-state index in [1.807, 2.05) is 0 Å². The number of rotatable bonds is 0. The number of hydrogen-bond acceptors (Lipinski definition) is 4. The lowest BCUT2D eigenvalue weighted by Gasteiger charge is -1.86. The SMILES string of the molecule is C[n+]1c(=O)[nH]c(=O)n2ncsc21. The first-order valence-electron chi connectivity index (χ1n) is 3.15. The molecule has 2 rings (SSSR count). The molecule has 0 radical (unpaired) electrons. The number of H-pyrrole nitrogens is 1. The summed E-state index contributed by atoms with van der Waals surface area (Å²) in [6.45, 7) is 0. The van der Waals surface area contributed by atoms with Crippen LogP contribution in [0.5, 0.6) is 0 Å². The molecule has 2 aromatic rings. The smallest absolute Gasteiger partial charge is 0.212 e. The molecule has 12 heavy (non-hydrogen) atoms. The molecule has 0 saturated carbocycles. The molecule has 6 nitrogen and oxygen atoms in total. The van der Waals surface area contributed by atoms with Gasteiger partial charge in [-0.1, -0.05) is 9.61 Å². The summed E-state index contributed by atoms with van der Waals surface area (Å²) in [4.78, 5) is 24.7.